The zero-order valence-electron chi connectivity index (χ0n) is 87.2. The maximum Gasteiger partial charge on any atom is 0.265 e. The highest BCUT2D eigenvalue weighted by Crippen LogP contribution is 2.47. The molecule has 129 heavy (non-hydrogen) atoms. The van der Waals surface area contributed by atoms with Crippen molar-refractivity contribution in [1.29, 1.82) is 0 Å². The zero-order valence-corrected chi connectivity index (χ0v) is 87.2. The van der Waals surface area contributed by atoms with Crippen molar-refractivity contribution in [3.63, 3.8) is 0 Å². The largest absolute Gasteiger partial charge is 0.383 e. The number of nitrogens with one attached hydrogen (secondary N) is 2. The number of carbonyl (C=O) groups excluding carboxylic acids is 2. The molecule has 8 N–H and O–H groups in total. The molecule has 1 saturated heterocycles. The number of aryl methyl sites for hydroxylation is 1. The van der Waals surface area contributed by atoms with Crippen molar-refractivity contribution in [2.75, 3.05) is 30.3 Å². The summed E-state index contributed by atoms with van der Waals surface area (Å²) in [5.41, 5.74) is 41.0. The number of anilines is 3. The van der Waals surface area contributed by atoms with Crippen molar-refractivity contribution >= 4 is 35.0 Å². The number of nitrogens with two attached hydrogens (primary N) is 3. The molecular weight excluding hydrogens is 1590 g/mol. The van der Waals surface area contributed by atoms with E-state index in [1.807, 2.05) is 71.7 Å². The first-order valence-corrected chi connectivity index (χ1v) is 46.8. The van der Waals surface area contributed by atoms with E-state index in [0.29, 0.717) is 70.0 Å². The van der Waals surface area contributed by atoms with Gasteiger partial charge in [0.25, 0.3) is 17.4 Å². The number of terminal acetylenes is 5. The van der Waals surface area contributed by atoms with E-state index in [-0.39, 0.29) is 61.7 Å². The van der Waals surface area contributed by atoms with Gasteiger partial charge < -0.3 is 27.1 Å². The number of nitrogens with zero attached hydrogens (tertiary/aromatic N) is 7. The molecule has 0 bridgehead atoms. The molecule has 6 aromatic heterocycles. The van der Waals surface area contributed by atoms with Gasteiger partial charge in [-0.3, -0.25) is 24.5 Å². The molecule has 2 fully saturated rings. The summed E-state index contributed by atoms with van der Waals surface area (Å²) >= 11 is 0. The molecule has 2 aliphatic heterocycles. The van der Waals surface area contributed by atoms with Crippen LogP contribution >= 0.6 is 0 Å². The molecule has 0 radical (unpaired) electrons. The summed E-state index contributed by atoms with van der Waals surface area (Å²) in [6.45, 7) is 85.4. The van der Waals surface area contributed by atoms with E-state index in [4.69, 9.17) is 54.3 Å². The minimum absolute atomic E-state index is 0.0265. The van der Waals surface area contributed by atoms with Gasteiger partial charge in [-0.05, 0) is 202 Å². The molecule has 1 saturated carbocycles. The summed E-state index contributed by atoms with van der Waals surface area (Å²) in [7, 11) is 0. The lowest BCUT2D eigenvalue weighted by atomic mass is 9.63. The number of hydrogen-bond acceptors (Lipinski definition) is 11. The second-order valence-electron chi connectivity index (χ2n) is 45.9. The molecule has 3 aliphatic rings. The Labute approximate surface area is 782 Å². The Hall–Kier alpha value is -10.3. The van der Waals surface area contributed by atoms with E-state index in [2.05, 4.69) is 323 Å². The highest BCUT2D eigenvalue weighted by Gasteiger charge is 2.39. The van der Waals surface area contributed by atoms with E-state index in [9.17, 15) is 14.4 Å². The van der Waals surface area contributed by atoms with Gasteiger partial charge in [-0.1, -0.05) is 315 Å². The molecule has 15 heteroatoms. The number of aliphatic imine (C=N–C) groups is 1. The third-order valence-corrected chi connectivity index (χ3v) is 24.8. The molecule has 4 unspecified atom stereocenters. The van der Waals surface area contributed by atoms with Gasteiger partial charge in [0.15, 0.2) is 0 Å². The van der Waals surface area contributed by atoms with Crippen molar-refractivity contribution in [1.82, 2.24) is 40.0 Å². The number of carbonyl (C=O) groups is 2. The Bertz CT molecular complexity index is 5250. The number of rotatable bonds is 9. The first-order valence-electron chi connectivity index (χ1n) is 46.8. The van der Waals surface area contributed by atoms with Crippen molar-refractivity contribution < 1.29 is 9.59 Å². The molecular formula is C114H166N12O3. The van der Waals surface area contributed by atoms with Gasteiger partial charge in [0.05, 0.1) is 34.0 Å². The maximum absolute atomic E-state index is 13.8. The van der Waals surface area contributed by atoms with Gasteiger partial charge in [0.2, 0.25) is 0 Å². The van der Waals surface area contributed by atoms with Gasteiger partial charge in [-0.2, -0.15) is 5.10 Å². The minimum Gasteiger partial charge on any atom is -0.383 e. The van der Waals surface area contributed by atoms with Gasteiger partial charge >= 0.3 is 0 Å². The van der Waals surface area contributed by atoms with Crippen molar-refractivity contribution in [3.05, 3.63) is 183 Å². The zero-order chi connectivity index (χ0) is 99.0. The average molecular weight is 1750 g/mol. The van der Waals surface area contributed by atoms with Crippen LogP contribution in [-0.4, -0.2) is 70.6 Å². The molecule has 700 valence electrons. The van der Waals surface area contributed by atoms with Gasteiger partial charge in [0.1, 0.15) is 23.4 Å². The smallest absolute Gasteiger partial charge is 0.265 e. The first kappa shape index (κ1) is 111. The number of likely N-dealkylation sites (tertiary alicyclic amines) is 1. The highest BCUT2D eigenvalue weighted by atomic mass is 16.2. The average Bonchev–Trinajstić information content (AvgIpc) is 1.64. The summed E-state index contributed by atoms with van der Waals surface area (Å²) in [5.74, 6) is 18.0. The second-order valence-corrected chi connectivity index (χ2v) is 45.9. The van der Waals surface area contributed by atoms with Gasteiger partial charge in [-0.25, -0.2) is 19.9 Å². The van der Waals surface area contributed by atoms with Gasteiger partial charge in [-0.15, -0.1) is 32.1 Å². The van der Waals surface area contributed by atoms with Crippen molar-refractivity contribution in [3.8, 4) is 72.8 Å². The fourth-order valence-electron chi connectivity index (χ4n) is 16.9. The fraction of sp³-hybridized carbons (Fsp3) is 0.570. The molecule has 15 nitrogen and oxygen atoms in total. The number of hydrogen-bond donors (Lipinski definition) is 5. The van der Waals surface area contributed by atoms with E-state index >= 15 is 0 Å². The van der Waals surface area contributed by atoms with Crippen LogP contribution in [0.4, 0.5) is 17.5 Å². The highest BCUT2D eigenvalue weighted by molar-refractivity contribution is 6.10. The summed E-state index contributed by atoms with van der Waals surface area (Å²) in [6.07, 6.45) is 40.9. The third kappa shape index (κ3) is 30.1. The van der Waals surface area contributed by atoms with Crippen LogP contribution in [0.15, 0.2) is 76.3 Å². The lowest BCUT2D eigenvalue weighted by molar-refractivity contribution is -0.119. The van der Waals surface area contributed by atoms with Crippen LogP contribution in [0.5, 0.6) is 0 Å². The summed E-state index contributed by atoms with van der Waals surface area (Å²) in [4.78, 5) is 64.4. The van der Waals surface area contributed by atoms with Crippen LogP contribution in [0.2, 0.25) is 0 Å². The maximum atomic E-state index is 13.8. The molecule has 1 aliphatic carbocycles. The van der Waals surface area contributed by atoms with Crippen LogP contribution in [0.1, 0.15) is 440 Å². The number of aromatic amines is 2. The normalized spacial score (nSPS) is 16.2. The van der Waals surface area contributed by atoms with Gasteiger partial charge in [0, 0.05) is 86.9 Å². The Morgan fingerprint density at radius 3 is 1.35 bits per heavy atom. The fourth-order valence-corrected chi connectivity index (χ4v) is 16.9. The van der Waals surface area contributed by atoms with E-state index in [1.165, 1.54) is 53.5 Å². The Kier molecular flexibility index (Phi) is 38.8. The Morgan fingerprint density at radius 1 is 0.504 bits per heavy atom. The number of aromatic nitrogens is 7. The summed E-state index contributed by atoms with van der Waals surface area (Å²) < 4.78 is 0. The molecule has 8 heterocycles. The van der Waals surface area contributed by atoms with Crippen LogP contribution in [0, 0.1) is 122 Å². The summed E-state index contributed by atoms with van der Waals surface area (Å²) in [6, 6.07) is 14.8. The van der Waals surface area contributed by atoms with Crippen molar-refractivity contribution in [2.24, 2.45) is 44.4 Å². The number of pyridine rings is 5. The monoisotopic (exact) mass is 1750 g/mol. The lowest BCUT2D eigenvalue weighted by Crippen LogP contribution is -2.40. The Morgan fingerprint density at radius 2 is 0.961 bits per heavy atom. The van der Waals surface area contributed by atoms with Crippen LogP contribution in [0.25, 0.3) is 11.1 Å². The molecule has 7 aromatic rings. The molecule has 4 atom stereocenters. The quantitative estimate of drug-likeness (QED) is 0.0852. The topological polar surface area (TPSA) is 241 Å². The number of dihydropyridines is 1. The SMILES string of the molecule is C#CC1C(=O)N=C(C(C)(C)C)C=C1C(C)(C)C.C#Cc1c(C(C)(C)C)cc(C(C)(C)C)nc1N.C#Cc1c(C(C)C)cc(C(C)C)[nH]c1=O.C#Cc1c(N)nc(C(C)C)c(C)c1C(C)C.C#Cc1c(N)nc(C(C)C)c(C)c1C(C)C.CC(C)(C)C1CCCC(C(C)(C)C)C1.Cc1ccc(-c2cn[nH]c2C2CCCN(C(=O)c3cnc(C(C)(C)C)cc3C(C)(C)C)C2)cc1. The minimum atomic E-state index is -0.499. The van der Waals surface area contributed by atoms with Crippen LogP contribution in [-0.2, 0) is 26.5 Å². The number of nitrogen functional groups attached to an aromatic ring is 3. The number of benzene rings is 1. The summed E-state index contributed by atoms with van der Waals surface area (Å²) in [5, 5.41) is 7.61. The Balaban J connectivity index is 0.000000325. The third-order valence-electron chi connectivity index (χ3n) is 24.8. The molecule has 0 spiro atoms. The van der Waals surface area contributed by atoms with Crippen LogP contribution < -0.4 is 22.8 Å². The van der Waals surface area contributed by atoms with E-state index < -0.39 is 5.92 Å². The predicted molar refractivity (Wildman–Crippen MR) is 551 cm³/mol. The number of piperidine rings is 1. The standard InChI is InChI=1S/C29H38N4O.C15H22N2.C15H21NO.2C14H20N2.C14H28.C13H17NO/c1-19-10-12-20(13-11-19)22-17-31-32-26(22)21-9-8-14-33(18-21)27(34)23-16-30-25(29(5,6)7)15-24(23)28(2,3)4;1-8-10-11(14(2,3)4)9-12(15(5,6)7)17-13(10)16;1-8-10-11(14(2,3)4)9-12(15(5,6)7)16-13(10)17;2*1-7-11-12(8(2)3)10(6)13(9(4)5)16-14(11)15;1-13(2,3)11-8-7-9-12(10-11)14(4,5)6;1-6-10-11(8(2)3)7-12(9(4)5)14-13(10)15/h10-13,15-17,21H,8-9,14,18H2,1-7H3,(H,31,32);1,9H,2-7H3,(H2,16,17);1,9-10H,2-7H3;2*1,8-9H,2-6H3,(H2,15,16);11-12H,7-10H2,1-6H3;1,7-9H,2-5H3,(H,14,15). The first-order chi connectivity index (χ1) is 59.1. The second kappa shape index (κ2) is 45.0. The molecule has 2 amide bonds. The van der Waals surface area contributed by atoms with Crippen molar-refractivity contribution in [2.45, 2.75) is 372 Å². The van der Waals surface area contributed by atoms with Crippen LogP contribution in [0.3, 0.4) is 0 Å². The number of allylic oxidation sites excluding steroid dienone is 1. The molecule has 10 rings (SSSR count). The molecule has 1 aromatic carbocycles. The van der Waals surface area contributed by atoms with E-state index in [0.717, 1.165) is 127 Å². The number of H-pyrrole nitrogens is 2. The predicted octanol–water partition coefficient (Wildman–Crippen LogP) is 26.8. The van der Waals surface area contributed by atoms with E-state index in [1.54, 1.807) is 6.20 Å². The lowest BCUT2D eigenvalue weighted by Gasteiger charge is -2.42. The number of amides is 2.